The van der Waals surface area contributed by atoms with Crippen LogP contribution in [0.2, 0.25) is 5.02 Å². The number of hydrogen-bond donors (Lipinski definition) is 1. The average Bonchev–Trinajstić information content (AvgIpc) is 3.35. The van der Waals surface area contributed by atoms with Crippen LogP contribution >= 0.6 is 22.9 Å². The van der Waals surface area contributed by atoms with Crippen molar-refractivity contribution in [3.8, 4) is 10.8 Å². The average molecular weight is 477 g/mol. The van der Waals surface area contributed by atoms with E-state index in [0.717, 1.165) is 4.68 Å². The molecule has 3 aromatic heterocycles. The Morgan fingerprint density at radius 2 is 2.13 bits per heavy atom. The van der Waals surface area contributed by atoms with Gasteiger partial charge in [-0.2, -0.15) is 17.9 Å². The van der Waals surface area contributed by atoms with E-state index < -0.39 is 41.0 Å². The molecule has 0 atom stereocenters. The molecule has 0 aliphatic carbocycles. The van der Waals surface area contributed by atoms with E-state index in [1.54, 1.807) is 17.5 Å². The first kappa shape index (κ1) is 22.5. The summed E-state index contributed by atoms with van der Waals surface area (Å²) in [6, 6.07) is 4.08. The van der Waals surface area contributed by atoms with Crippen LogP contribution in [-0.2, 0) is 27.0 Å². The van der Waals surface area contributed by atoms with Gasteiger partial charge < -0.3 is 14.5 Å². The molecule has 3 rings (SSSR count). The number of nitrogens with one attached hydrogen (secondary N) is 1. The Bertz CT molecular complexity index is 1140. The Labute approximate surface area is 180 Å². The number of aromatic nitrogens is 3. The van der Waals surface area contributed by atoms with E-state index >= 15 is 0 Å². The summed E-state index contributed by atoms with van der Waals surface area (Å²) in [5.74, 6) is -2.62. The molecule has 0 aliphatic rings. The Morgan fingerprint density at radius 1 is 1.35 bits per heavy atom. The fourth-order valence-electron chi connectivity index (χ4n) is 2.22. The Morgan fingerprint density at radius 3 is 2.77 bits per heavy atom. The third kappa shape index (κ3) is 5.92. The van der Waals surface area contributed by atoms with Gasteiger partial charge in [0.2, 0.25) is 0 Å². The number of thiophene rings is 1. The first-order chi connectivity index (χ1) is 14.6. The van der Waals surface area contributed by atoms with Crippen LogP contribution < -0.4 is 11.1 Å². The van der Waals surface area contributed by atoms with E-state index in [1.807, 2.05) is 0 Å². The number of rotatable bonds is 7. The van der Waals surface area contributed by atoms with E-state index in [1.165, 1.54) is 11.3 Å². The summed E-state index contributed by atoms with van der Waals surface area (Å²) in [5, 5.41) is 7.46. The van der Waals surface area contributed by atoms with E-state index in [9.17, 15) is 27.6 Å². The molecule has 3 aromatic rings. The van der Waals surface area contributed by atoms with Crippen molar-refractivity contribution in [3.63, 3.8) is 0 Å². The molecule has 0 unspecified atom stereocenters. The van der Waals surface area contributed by atoms with Crippen molar-refractivity contribution < 1.29 is 31.9 Å². The van der Waals surface area contributed by atoms with Gasteiger partial charge in [-0.1, -0.05) is 17.7 Å². The number of nitrogens with zero attached hydrogens (tertiary/aromatic N) is 3. The van der Waals surface area contributed by atoms with Gasteiger partial charge in [0.15, 0.2) is 12.4 Å². The summed E-state index contributed by atoms with van der Waals surface area (Å²) < 4.78 is 48.5. The zero-order valence-electron chi connectivity index (χ0n) is 15.3. The Balaban J connectivity index is 1.48. The van der Waals surface area contributed by atoms with E-state index in [4.69, 9.17) is 20.8 Å². The normalized spacial score (nSPS) is 11.4. The summed E-state index contributed by atoms with van der Waals surface area (Å²) in [6.45, 7) is -0.869. The summed E-state index contributed by atoms with van der Waals surface area (Å²) in [5.41, 5.74) is -1.08. The minimum absolute atomic E-state index is 0.119. The molecular weight excluding hydrogens is 465 g/mol. The second kappa shape index (κ2) is 9.31. The molecule has 0 aliphatic heterocycles. The zero-order valence-corrected chi connectivity index (χ0v) is 16.9. The highest BCUT2D eigenvalue weighted by Crippen LogP contribution is 2.32. The highest BCUT2D eigenvalue weighted by atomic mass is 35.5. The number of halogens is 4. The second-order valence-corrected chi connectivity index (χ2v) is 7.24. The molecule has 0 spiro atoms. The lowest BCUT2D eigenvalue weighted by atomic mass is 10.3. The van der Waals surface area contributed by atoms with Crippen molar-refractivity contribution in [2.75, 3.05) is 11.9 Å². The fraction of sp³-hybridized carbons (Fsp3) is 0.235. The fourth-order valence-corrected chi connectivity index (χ4v) is 3.07. The predicted octanol–water partition coefficient (Wildman–Crippen LogP) is 3.20. The molecule has 1 N–H and O–H groups in total. The standard InChI is InChI=1S/C17H12ClF3N4O5S/c18-10-6-9(17(19,20)21)7-22-14(10)23-12(26)8-29-13(27)3-4-25-16(28)30-15(24-25)11-2-1-5-31-11/h1-2,5-7H,3-4,8H2,(H,22,23,26). The van der Waals surface area contributed by atoms with Gasteiger partial charge in [0, 0.05) is 6.20 Å². The number of carbonyl (C=O) groups is 2. The third-order valence-corrected chi connectivity index (χ3v) is 4.80. The molecule has 0 aromatic carbocycles. The minimum Gasteiger partial charge on any atom is -0.456 e. The largest absolute Gasteiger partial charge is 0.456 e. The minimum atomic E-state index is -4.63. The maximum Gasteiger partial charge on any atom is 0.437 e. The lowest BCUT2D eigenvalue weighted by molar-refractivity contribution is -0.147. The highest BCUT2D eigenvalue weighted by molar-refractivity contribution is 7.13. The number of amides is 1. The first-order valence-corrected chi connectivity index (χ1v) is 9.69. The van der Waals surface area contributed by atoms with Gasteiger partial charge in [-0.25, -0.2) is 9.78 Å². The van der Waals surface area contributed by atoms with Gasteiger partial charge >= 0.3 is 17.9 Å². The number of ether oxygens (including phenoxy) is 1. The molecule has 0 saturated carbocycles. The smallest absolute Gasteiger partial charge is 0.437 e. The summed E-state index contributed by atoms with van der Waals surface area (Å²) in [7, 11) is 0. The van der Waals surface area contributed by atoms with Crippen LogP contribution in [0.15, 0.2) is 39.0 Å². The van der Waals surface area contributed by atoms with E-state index in [2.05, 4.69) is 15.4 Å². The van der Waals surface area contributed by atoms with Crippen LogP contribution in [0.3, 0.4) is 0 Å². The third-order valence-electron chi connectivity index (χ3n) is 3.66. The number of carbonyl (C=O) groups excluding carboxylic acids is 2. The van der Waals surface area contributed by atoms with Gasteiger partial charge in [-0.3, -0.25) is 9.59 Å². The summed E-state index contributed by atoms with van der Waals surface area (Å²) in [4.78, 5) is 39.5. The Hall–Kier alpha value is -3.19. The van der Waals surface area contributed by atoms with Crippen LogP contribution in [0.25, 0.3) is 10.8 Å². The SMILES string of the molecule is O=C(COC(=O)CCn1nc(-c2cccs2)oc1=O)Nc1ncc(C(F)(F)F)cc1Cl. The maximum atomic E-state index is 12.6. The molecule has 0 saturated heterocycles. The van der Waals surface area contributed by atoms with E-state index in [-0.39, 0.29) is 24.7 Å². The van der Waals surface area contributed by atoms with Crippen molar-refractivity contribution in [3.05, 3.63) is 50.9 Å². The predicted molar refractivity (Wildman–Crippen MR) is 103 cm³/mol. The lowest BCUT2D eigenvalue weighted by Gasteiger charge is -2.10. The summed E-state index contributed by atoms with van der Waals surface area (Å²) in [6.07, 6.45) is -4.40. The molecule has 0 bridgehead atoms. The molecule has 31 heavy (non-hydrogen) atoms. The van der Waals surface area contributed by atoms with Gasteiger partial charge in [0.1, 0.15) is 0 Å². The number of anilines is 1. The number of pyridine rings is 1. The topological polar surface area (TPSA) is 116 Å². The molecule has 164 valence electrons. The molecule has 0 radical (unpaired) electrons. The molecule has 3 heterocycles. The van der Waals surface area contributed by atoms with Crippen LogP contribution in [-0.4, -0.2) is 33.2 Å². The van der Waals surface area contributed by atoms with Gasteiger partial charge in [-0.05, 0) is 17.5 Å². The van der Waals surface area contributed by atoms with Crippen LogP contribution in [0.4, 0.5) is 19.0 Å². The van der Waals surface area contributed by atoms with Gasteiger partial charge in [0.25, 0.3) is 11.8 Å². The van der Waals surface area contributed by atoms with Crippen LogP contribution in [0, 0.1) is 0 Å². The second-order valence-electron chi connectivity index (χ2n) is 5.88. The number of aryl methyl sites for hydroxylation is 1. The van der Waals surface area contributed by atoms with Crippen molar-refractivity contribution in [1.29, 1.82) is 0 Å². The lowest BCUT2D eigenvalue weighted by Crippen LogP contribution is -2.23. The van der Waals surface area contributed by atoms with Crippen LogP contribution in [0.1, 0.15) is 12.0 Å². The highest BCUT2D eigenvalue weighted by Gasteiger charge is 2.31. The number of hydrogen-bond acceptors (Lipinski definition) is 8. The molecule has 1 amide bonds. The Kier molecular flexibility index (Phi) is 6.75. The van der Waals surface area contributed by atoms with Gasteiger partial charge in [0.05, 0.1) is 28.4 Å². The molecule has 14 heteroatoms. The van der Waals surface area contributed by atoms with Crippen molar-refractivity contribution in [2.45, 2.75) is 19.1 Å². The molecule has 0 fully saturated rings. The van der Waals surface area contributed by atoms with Crippen molar-refractivity contribution in [1.82, 2.24) is 14.8 Å². The quantitative estimate of drug-likeness (QED) is 0.520. The van der Waals surface area contributed by atoms with Gasteiger partial charge in [-0.15, -0.1) is 16.4 Å². The number of alkyl halides is 3. The monoisotopic (exact) mass is 476 g/mol. The maximum absolute atomic E-state index is 12.6. The molecular formula is C17H12ClF3N4O5S. The summed E-state index contributed by atoms with van der Waals surface area (Å²) >= 11 is 7.00. The molecule has 9 nitrogen and oxygen atoms in total. The van der Waals surface area contributed by atoms with Crippen molar-refractivity contribution >= 4 is 40.6 Å². The van der Waals surface area contributed by atoms with Crippen molar-refractivity contribution in [2.24, 2.45) is 0 Å². The van der Waals surface area contributed by atoms with E-state index in [0.29, 0.717) is 17.1 Å². The first-order valence-electron chi connectivity index (χ1n) is 8.43. The number of esters is 1. The van der Waals surface area contributed by atoms with Crippen LogP contribution in [0.5, 0.6) is 0 Å². The zero-order chi connectivity index (χ0) is 22.6.